The van der Waals surface area contributed by atoms with Gasteiger partial charge in [0.2, 0.25) is 5.91 Å². The molecule has 1 fully saturated rings. The number of para-hydroxylation sites is 1. The molecule has 138 valence electrons. The van der Waals surface area contributed by atoms with Gasteiger partial charge in [0.05, 0.1) is 13.7 Å². The number of benzene rings is 1. The number of nitrogens with zero attached hydrogens (tertiary/aromatic N) is 1. The number of fused-ring (bicyclic) bond motifs is 2. The lowest BCUT2D eigenvalue weighted by Gasteiger charge is -2.43. The van der Waals surface area contributed by atoms with Crippen LogP contribution in [0.15, 0.2) is 35.7 Å². The smallest absolute Gasteiger partial charge is 0.222 e. The monoisotopic (exact) mass is 371 g/mol. The topological polar surface area (TPSA) is 38.8 Å². The summed E-state index contributed by atoms with van der Waals surface area (Å²) < 4.78 is 11.6. The first-order valence-corrected chi connectivity index (χ1v) is 10.2. The summed E-state index contributed by atoms with van der Waals surface area (Å²) in [6, 6.07) is 10.2. The molecule has 2 aromatic rings. The van der Waals surface area contributed by atoms with E-state index in [-0.39, 0.29) is 11.5 Å². The molecule has 2 aliphatic heterocycles. The van der Waals surface area contributed by atoms with Crippen LogP contribution in [0.3, 0.4) is 0 Å². The van der Waals surface area contributed by atoms with Crippen molar-refractivity contribution in [3.05, 3.63) is 51.7 Å². The maximum atomic E-state index is 12.7. The molecule has 0 saturated carbocycles. The van der Waals surface area contributed by atoms with Gasteiger partial charge in [-0.15, -0.1) is 11.3 Å². The fourth-order valence-corrected chi connectivity index (χ4v) is 5.32. The van der Waals surface area contributed by atoms with Gasteiger partial charge in [-0.1, -0.05) is 18.2 Å². The Kier molecular flexibility index (Phi) is 5.00. The number of thiophene rings is 1. The van der Waals surface area contributed by atoms with Crippen molar-refractivity contribution in [2.45, 2.75) is 37.7 Å². The molecule has 0 bridgehead atoms. The SMILES string of the molecule is COc1ccccc1CCC(=O)N1CCC2(CC1)OCCc1ccsc12. The molecule has 1 spiro atoms. The molecule has 0 N–H and O–H groups in total. The normalized spacial score (nSPS) is 18.6. The summed E-state index contributed by atoms with van der Waals surface area (Å²) in [5, 5.41) is 2.17. The Bertz CT molecular complexity index is 777. The fourth-order valence-electron chi connectivity index (χ4n) is 4.15. The molecular formula is C21H25NO3S. The summed E-state index contributed by atoms with van der Waals surface area (Å²) in [5.41, 5.74) is 2.38. The van der Waals surface area contributed by atoms with E-state index in [1.807, 2.05) is 40.5 Å². The van der Waals surface area contributed by atoms with Gasteiger partial charge in [-0.05, 0) is 54.3 Å². The van der Waals surface area contributed by atoms with Crippen molar-refractivity contribution < 1.29 is 14.3 Å². The molecular weight excluding hydrogens is 346 g/mol. The average Bonchev–Trinajstić information content (AvgIpc) is 3.17. The minimum absolute atomic E-state index is 0.152. The van der Waals surface area contributed by atoms with Crippen LogP contribution in [0.1, 0.15) is 35.3 Å². The summed E-state index contributed by atoms with van der Waals surface area (Å²) in [5.74, 6) is 1.09. The lowest BCUT2D eigenvalue weighted by atomic mass is 9.85. The summed E-state index contributed by atoms with van der Waals surface area (Å²) >= 11 is 1.81. The van der Waals surface area contributed by atoms with Gasteiger partial charge in [0, 0.05) is 24.4 Å². The standard InChI is InChI=1S/C21H25NO3S/c1-24-18-5-3-2-4-16(18)6-7-19(23)22-12-10-21(11-13-22)20-17(8-14-25-21)9-15-26-20/h2-5,9,15H,6-8,10-14H2,1H3. The molecule has 4 nitrogen and oxygen atoms in total. The van der Waals surface area contributed by atoms with Crippen LogP contribution in [0.25, 0.3) is 0 Å². The van der Waals surface area contributed by atoms with Crippen molar-refractivity contribution in [3.8, 4) is 5.75 Å². The van der Waals surface area contributed by atoms with Crippen molar-refractivity contribution in [1.29, 1.82) is 0 Å². The van der Waals surface area contributed by atoms with Crippen molar-refractivity contribution in [1.82, 2.24) is 4.90 Å². The zero-order chi connectivity index (χ0) is 18.0. The number of aryl methyl sites for hydroxylation is 1. The van der Waals surface area contributed by atoms with Crippen LogP contribution >= 0.6 is 11.3 Å². The first-order valence-electron chi connectivity index (χ1n) is 9.32. The Morgan fingerprint density at radius 1 is 1.27 bits per heavy atom. The predicted molar refractivity (Wildman–Crippen MR) is 103 cm³/mol. The van der Waals surface area contributed by atoms with Gasteiger partial charge in [0.25, 0.3) is 0 Å². The third-order valence-corrected chi connectivity index (χ3v) is 6.78. The van der Waals surface area contributed by atoms with Gasteiger partial charge in [-0.25, -0.2) is 0 Å². The number of methoxy groups -OCH3 is 1. The first-order chi connectivity index (χ1) is 12.7. The number of hydrogen-bond acceptors (Lipinski definition) is 4. The maximum Gasteiger partial charge on any atom is 0.222 e. The van der Waals surface area contributed by atoms with Crippen LogP contribution in [0.2, 0.25) is 0 Å². The minimum atomic E-state index is -0.152. The third kappa shape index (κ3) is 3.26. The number of piperidine rings is 1. The van der Waals surface area contributed by atoms with E-state index in [2.05, 4.69) is 11.4 Å². The van der Waals surface area contributed by atoms with E-state index in [1.54, 1.807) is 7.11 Å². The average molecular weight is 372 g/mol. The Hall–Kier alpha value is -1.85. The predicted octanol–water partition coefficient (Wildman–Crippen LogP) is 3.78. The molecule has 1 aromatic carbocycles. The lowest BCUT2D eigenvalue weighted by Crippen LogP contribution is -2.47. The molecule has 0 radical (unpaired) electrons. The minimum Gasteiger partial charge on any atom is -0.496 e. The fraction of sp³-hybridized carbons (Fsp3) is 0.476. The highest BCUT2D eigenvalue weighted by atomic mass is 32.1. The van der Waals surface area contributed by atoms with Crippen LogP contribution in [-0.4, -0.2) is 37.6 Å². The lowest BCUT2D eigenvalue weighted by molar-refractivity contribution is -0.140. The number of hydrogen-bond donors (Lipinski definition) is 0. The van der Waals surface area contributed by atoms with Crippen LogP contribution in [0.4, 0.5) is 0 Å². The Balaban J connectivity index is 1.36. The number of carbonyl (C=O) groups is 1. The number of likely N-dealkylation sites (tertiary alicyclic amines) is 1. The second-order valence-electron chi connectivity index (χ2n) is 7.06. The van der Waals surface area contributed by atoms with Crippen molar-refractivity contribution in [2.24, 2.45) is 0 Å². The number of ether oxygens (including phenoxy) is 2. The second kappa shape index (κ2) is 7.41. The van der Waals surface area contributed by atoms with Crippen molar-refractivity contribution >= 4 is 17.2 Å². The van der Waals surface area contributed by atoms with Gasteiger partial charge in [0.1, 0.15) is 11.4 Å². The van der Waals surface area contributed by atoms with Crippen molar-refractivity contribution in [2.75, 3.05) is 26.8 Å². The molecule has 1 aromatic heterocycles. The van der Waals surface area contributed by atoms with Crippen LogP contribution in [0, 0.1) is 0 Å². The number of amides is 1. The molecule has 4 rings (SSSR count). The van der Waals surface area contributed by atoms with Gasteiger partial charge >= 0.3 is 0 Å². The highest BCUT2D eigenvalue weighted by Gasteiger charge is 2.42. The van der Waals surface area contributed by atoms with Gasteiger partial charge in [0.15, 0.2) is 0 Å². The first kappa shape index (κ1) is 17.6. The van der Waals surface area contributed by atoms with E-state index in [0.29, 0.717) is 6.42 Å². The number of carbonyl (C=O) groups excluding carboxylic acids is 1. The zero-order valence-corrected chi connectivity index (χ0v) is 16.0. The molecule has 0 unspecified atom stereocenters. The molecule has 3 heterocycles. The summed E-state index contributed by atoms with van der Waals surface area (Å²) in [6.45, 7) is 2.36. The molecule has 2 aliphatic rings. The molecule has 1 saturated heterocycles. The van der Waals surface area contributed by atoms with Gasteiger partial charge in [-0.2, -0.15) is 0 Å². The molecule has 0 aliphatic carbocycles. The van der Waals surface area contributed by atoms with E-state index < -0.39 is 0 Å². The maximum absolute atomic E-state index is 12.7. The van der Waals surface area contributed by atoms with Crippen LogP contribution < -0.4 is 4.74 Å². The molecule has 5 heteroatoms. The molecule has 26 heavy (non-hydrogen) atoms. The van der Waals surface area contributed by atoms with E-state index in [1.165, 1.54) is 10.4 Å². The quantitative estimate of drug-likeness (QED) is 0.821. The molecule has 1 amide bonds. The van der Waals surface area contributed by atoms with E-state index in [4.69, 9.17) is 9.47 Å². The number of rotatable bonds is 4. The highest BCUT2D eigenvalue weighted by molar-refractivity contribution is 7.10. The van der Waals surface area contributed by atoms with Crippen LogP contribution in [0.5, 0.6) is 5.75 Å². The van der Waals surface area contributed by atoms with Crippen LogP contribution in [-0.2, 0) is 28.0 Å². The largest absolute Gasteiger partial charge is 0.496 e. The summed E-state index contributed by atoms with van der Waals surface area (Å²) in [4.78, 5) is 16.1. The summed E-state index contributed by atoms with van der Waals surface area (Å²) in [7, 11) is 1.67. The Labute approximate surface area is 158 Å². The summed E-state index contributed by atoms with van der Waals surface area (Å²) in [6.07, 6.45) is 4.07. The van der Waals surface area contributed by atoms with E-state index >= 15 is 0 Å². The van der Waals surface area contributed by atoms with Gasteiger partial charge in [-0.3, -0.25) is 4.79 Å². The Morgan fingerprint density at radius 2 is 2.08 bits per heavy atom. The third-order valence-electron chi connectivity index (χ3n) is 5.63. The second-order valence-corrected chi connectivity index (χ2v) is 7.98. The van der Waals surface area contributed by atoms with Gasteiger partial charge < -0.3 is 14.4 Å². The van der Waals surface area contributed by atoms with E-state index in [0.717, 1.165) is 56.7 Å². The highest BCUT2D eigenvalue weighted by Crippen LogP contribution is 2.44. The van der Waals surface area contributed by atoms with E-state index in [9.17, 15) is 4.79 Å². The molecule has 0 atom stereocenters. The zero-order valence-electron chi connectivity index (χ0n) is 15.2. The van der Waals surface area contributed by atoms with Crippen molar-refractivity contribution in [3.63, 3.8) is 0 Å². The Morgan fingerprint density at radius 3 is 2.88 bits per heavy atom.